The minimum Gasteiger partial charge on any atom is -0.476 e. The zero-order chi connectivity index (χ0) is 19.4. The van der Waals surface area contributed by atoms with E-state index in [4.69, 9.17) is 9.47 Å². The Hall–Kier alpha value is -1.41. The molecule has 2 unspecified atom stereocenters. The Kier molecular flexibility index (Phi) is 6.85. The molecule has 0 amide bonds. The van der Waals surface area contributed by atoms with Crippen LogP contribution in [-0.4, -0.2) is 52.3 Å². The second-order valence-electron chi connectivity index (χ2n) is 6.97. The zero-order valence-corrected chi connectivity index (χ0v) is 15.8. The molecule has 1 fully saturated rings. The van der Waals surface area contributed by atoms with Gasteiger partial charge in [0.15, 0.2) is 5.69 Å². The molecule has 0 saturated carbocycles. The van der Waals surface area contributed by atoms with Crippen LogP contribution in [0.25, 0.3) is 0 Å². The van der Waals surface area contributed by atoms with Crippen molar-refractivity contribution in [2.45, 2.75) is 70.8 Å². The van der Waals surface area contributed by atoms with E-state index in [-0.39, 0.29) is 23.6 Å². The van der Waals surface area contributed by atoms with E-state index in [9.17, 15) is 13.2 Å². The van der Waals surface area contributed by atoms with Gasteiger partial charge >= 0.3 is 6.18 Å². The predicted molar refractivity (Wildman–Crippen MR) is 92.0 cm³/mol. The zero-order valence-electron chi connectivity index (χ0n) is 15.8. The maximum Gasteiger partial charge on any atom is 0.433 e. The van der Waals surface area contributed by atoms with E-state index in [2.05, 4.69) is 28.7 Å². The first kappa shape index (κ1) is 20.9. The minimum absolute atomic E-state index is 0.0455. The van der Waals surface area contributed by atoms with E-state index in [0.717, 1.165) is 38.2 Å². The first-order valence-electron chi connectivity index (χ1n) is 9.12. The molecule has 148 valence electrons. The van der Waals surface area contributed by atoms with Crippen LogP contribution in [0.5, 0.6) is 5.88 Å². The third kappa shape index (κ3) is 4.85. The molecule has 0 aromatic carbocycles. The largest absolute Gasteiger partial charge is 0.476 e. The van der Waals surface area contributed by atoms with E-state index in [1.807, 2.05) is 13.8 Å². The monoisotopic (exact) mass is 375 g/mol. The summed E-state index contributed by atoms with van der Waals surface area (Å²) in [7, 11) is 0. The van der Waals surface area contributed by atoms with Crippen LogP contribution in [0, 0.1) is 0 Å². The molecule has 1 aliphatic rings. The van der Waals surface area contributed by atoms with Gasteiger partial charge in [0.05, 0.1) is 12.7 Å². The van der Waals surface area contributed by atoms with Crippen molar-refractivity contribution in [1.29, 1.82) is 0 Å². The fraction of sp³-hybridized carbons (Fsp3) is 0.778. The van der Waals surface area contributed by atoms with Gasteiger partial charge in [-0.05, 0) is 39.7 Å². The Labute approximate surface area is 152 Å². The van der Waals surface area contributed by atoms with Crippen LogP contribution in [0.4, 0.5) is 13.2 Å². The van der Waals surface area contributed by atoms with Gasteiger partial charge in [-0.25, -0.2) is 9.97 Å². The van der Waals surface area contributed by atoms with Crippen LogP contribution in [0.2, 0.25) is 0 Å². The van der Waals surface area contributed by atoms with Gasteiger partial charge in [0.25, 0.3) is 0 Å². The van der Waals surface area contributed by atoms with Crippen molar-refractivity contribution in [3.05, 3.63) is 18.1 Å². The van der Waals surface area contributed by atoms with Crippen molar-refractivity contribution in [3.63, 3.8) is 0 Å². The molecule has 8 heteroatoms. The molecule has 5 nitrogen and oxygen atoms in total. The van der Waals surface area contributed by atoms with E-state index >= 15 is 0 Å². The summed E-state index contributed by atoms with van der Waals surface area (Å²) in [5, 5.41) is 0. The SMILES string of the molecule is CCN1C(COc2cc(C(F)(F)F)ncn2)CCC1(CC)COC(C)C. The lowest BCUT2D eigenvalue weighted by molar-refractivity contribution is -0.141. The molecule has 2 atom stereocenters. The second-order valence-corrected chi connectivity index (χ2v) is 6.97. The van der Waals surface area contributed by atoms with Gasteiger partial charge < -0.3 is 9.47 Å². The van der Waals surface area contributed by atoms with Crippen LogP contribution < -0.4 is 4.74 Å². The number of likely N-dealkylation sites (tertiary alicyclic amines) is 1. The van der Waals surface area contributed by atoms with Crippen LogP contribution in [0.15, 0.2) is 12.4 Å². The predicted octanol–water partition coefficient (Wildman–Crippen LogP) is 3.93. The van der Waals surface area contributed by atoms with E-state index < -0.39 is 11.9 Å². The van der Waals surface area contributed by atoms with Gasteiger partial charge in [0.1, 0.15) is 12.9 Å². The molecule has 26 heavy (non-hydrogen) atoms. The fourth-order valence-corrected chi connectivity index (χ4v) is 3.60. The lowest BCUT2D eigenvalue weighted by Gasteiger charge is -2.40. The highest BCUT2D eigenvalue weighted by molar-refractivity contribution is 5.16. The van der Waals surface area contributed by atoms with Crippen molar-refractivity contribution in [2.24, 2.45) is 0 Å². The minimum atomic E-state index is -4.50. The van der Waals surface area contributed by atoms with E-state index in [1.165, 1.54) is 0 Å². The molecule has 0 spiro atoms. The Morgan fingerprint density at radius 3 is 2.62 bits per heavy atom. The quantitative estimate of drug-likeness (QED) is 0.689. The van der Waals surface area contributed by atoms with Gasteiger partial charge in [0.2, 0.25) is 5.88 Å². The molecule has 2 rings (SSSR count). The van der Waals surface area contributed by atoms with Gasteiger partial charge in [-0.2, -0.15) is 13.2 Å². The first-order valence-corrected chi connectivity index (χ1v) is 9.12. The summed E-state index contributed by atoms with van der Waals surface area (Å²) in [5.41, 5.74) is -1.04. The van der Waals surface area contributed by atoms with Crippen LogP contribution >= 0.6 is 0 Å². The molecule has 0 radical (unpaired) electrons. The molecule has 1 aromatic rings. The maximum absolute atomic E-state index is 12.8. The van der Waals surface area contributed by atoms with Gasteiger partial charge in [-0.15, -0.1) is 0 Å². The first-order chi connectivity index (χ1) is 12.2. The second kappa shape index (κ2) is 8.52. The lowest BCUT2D eigenvalue weighted by Crippen LogP contribution is -2.51. The average Bonchev–Trinajstić information content (AvgIpc) is 2.95. The summed E-state index contributed by atoms with van der Waals surface area (Å²) in [4.78, 5) is 9.42. The van der Waals surface area contributed by atoms with Crippen LogP contribution in [0.3, 0.4) is 0 Å². The summed E-state index contributed by atoms with van der Waals surface area (Å²) in [6.45, 7) is 10.1. The number of halogens is 3. The Balaban J connectivity index is 2.03. The summed E-state index contributed by atoms with van der Waals surface area (Å²) >= 11 is 0. The van der Waals surface area contributed by atoms with E-state index in [0.29, 0.717) is 13.2 Å². The van der Waals surface area contributed by atoms with Crippen molar-refractivity contribution in [3.8, 4) is 5.88 Å². The Bertz CT molecular complexity index is 583. The number of likely N-dealkylation sites (N-methyl/N-ethyl adjacent to an activating group) is 1. The standard InChI is InChI=1S/C18H28F3N3O2/c1-5-17(11-26-13(3)4)8-7-14(24(17)6-2)10-25-16-9-15(18(19,20)21)22-12-23-16/h9,12-14H,5-8,10-11H2,1-4H3. The number of hydrogen-bond donors (Lipinski definition) is 0. The highest BCUT2D eigenvalue weighted by Gasteiger charge is 2.44. The smallest absolute Gasteiger partial charge is 0.433 e. The number of alkyl halides is 3. The topological polar surface area (TPSA) is 47.5 Å². The molecule has 2 heterocycles. The third-order valence-corrected chi connectivity index (χ3v) is 5.03. The number of rotatable bonds is 8. The summed E-state index contributed by atoms with van der Waals surface area (Å²) in [5.74, 6) is -0.0455. The summed E-state index contributed by atoms with van der Waals surface area (Å²) in [6, 6.07) is 0.972. The molecule has 1 saturated heterocycles. The average molecular weight is 375 g/mol. The fourth-order valence-electron chi connectivity index (χ4n) is 3.60. The van der Waals surface area contributed by atoms with Gasteiger partial charge in [-0.1, -0.05) is 13.8 Å². The van der Waals surface area contributed by atoms with Crippen molar-refractivity contribution >= 4 is 0 Å². The highest BCUT2D eigenvalue weighted by atomic mass is 19.4. The van der Waals surface area contributed by atoms with Crippen LogP contribution in [0.1, 0.15) is 52.7 Å². The Morgan fingerprint density at radius 1 is 1.31 bits per heavy atom. The normalized spacial score (nSPS) is 24.4. The molecule has 0 aliphatic carbocycles. The Morgan fingerprint density at radius 2 is 2.04 bits per heavy atom. The number of hydrogen-bond acceptors (Lipinski definition) is 5. The molecular formula is C18H28F3N3O2. The number of aromatic nitrogens is 2. The third-order valence-electron chi connectivity index (χ3n) is 5.03. The van der Waals surface area contributed by atoms with E-state index in [1.54, 1.807) is 0 Å². The van der Waals surface area contributed by atoms with Crippen molar-refractivity contribution in [1.82, 2.24) is 14.9 Å². The molecule has 1 aromatic heterocycles. The highest BCUT2D eigenvalue weighted by Crippen LogP contribution is 2.37. The molecule has 1 aliphatic heterocycles. The van der Waals surface area contributed by atoms with Crippen molar-refractivity contribution in [2.75, 3.05) is 19.8 Å². The molecule has 0 bridgehead atoms. The summed E-state index contributed by atoms with van der Waals surface area (Å²) < 4.78 is 49.7. The molecular weight excluding hydrogens is 347 g/mol. The molecule has 0 N–H and O–H groups in total. The van der Waals surface area contributed by atoms with Gasteiger partial charge in [-0.3, -0.25) is 4.90 Å². The summed E-state index contributed by atoms with van der Waals surface area (Å²) in [6.07, 6.45) is -0.604. The maximum atomic E-state index is 12.8. The van der Waals surface area contributed by atoms with Crippen LogP contribution in [-0.2, 0) is 10.9 Å². The number of ether oxygens (including phenoxy) is 2. The van der Waals surface area contributed by atoms with Gasteiger partial charge in [0, 0.05) is 17.6 Å². The number of nitrogens with zero attached hydrogens (tertiary/aromatic N) is 3. The lowest BCUT2D eigenvalue weighted by atomic mass is 9.94. The van der Waals surface area contributed by atoms with Crippen molar-refractivity contribution < 1.29 is 22.6 Å².